The first kappa shape index (κ1) is 18.2. The van der Waals surface area contributed by atoms with Gasteiger partial charge >= 0.3 is 5.97 Å². The van der Waals surface area contributed by atoms with Gasteiger partial charge in [-0.1, -0.05) is 5.16 Å². The molecule has 0 aromatic carbocycles. The SMILES string of the molecule is COC(=O)c1ccnc(NC(=O)CCCc2nc(-c3cccnc3)no2)c1. The lowest BCUT2D eigenvalue weighted by atomic mass is 10.2. The topological polar surface area (TPSA) is 120 Å². The van der Waals surface area contributed by atoms with E-state index >= 15 is 0 Å². The summed E-state index contributed by atoms with van der Waals surface area (Å²) in [7, 11) is 1.29. The van der Waals surface area contributed by atoms with Crippen LogP contribution >= 0.6 is 0 Å². The molecular weight excluding hydrogens is 350 g/mol. The van der Waals surface area contributed by atoms with Gasteiger partial charge in [0, 0.05) is 37.0 Å². The number of ether oxygens (including phenoxy) is 1. The van der Waals surface area contributed by atoms with E-state index in [-0.39, 0.29) is 12.3 Å². The average molecular weight is 367 g/mol. The third-order valence-electron chi connectivity index (χ3n) is 3.63. The molecule has 0 bridgehead atoms. The Balaban J connectivity index is 1.49. The van der Waals surface area contributed by atoms with E-state index in [4.69, 9.17) is 4.52 Å². The highest BCUT2D eigenvalue weighted by Crippen LogP contribution is 2.15. The molecule has 27 heavy (non-hydrogen) atoms. The van der Waals surface area contributed by atoms with Crippen molar-refractivity contribution in [3.8, 4) is 11.4 Å². The highest BCUT2D eigenvalue weighted by molar-refractivity contribution is 5.93. The molecule has 0 radical (unpaired) electrons. The zero-order valence-electron chi connectivity index (χ0n) is 14.6. The maximum Gasteiger partial charge on any atom is 0.338 e. The highest BCUT2D eigenvalue weighted by atomic mass is 16.5. The van der Waals surface area contributed by atoms with Crippen LogP contribution in [0.1, 0.15) is 29.1 Å². The molecule has 0 saturated carbocycles. The lowest BCUT2D eigenvalue weighted by molar-refractivity contribution is -0.116. The van der Waals surface area contributed by atoms with Crippen LogP contribution in [0.5, 0.6) is 0 Å². The Hall–Kier alpha value is -3.62. The minimum absolute atomic E-state index is 0.225. The lowest BCUT2D eigenvalue weighted by Crippen LogP contribution is -2.13. The monoisotopic (exact) mass is 367 g/mol. The van der Waals surface area contributed by atoms with E-state index in [0.717, 1.165) is 5.56 Å². The number of esters is 1. The number of carbonyl (C=O) groups is 2. The standard InChI is InChI=1S/C18H17N5O4/c1-26-18(25)12-7-9-20-14(10-12)21-15(24)5-2-6-16-22-17(23-27-16)13-4-3-8-19-11-13/h3-4,7-11H,2,5-6H2,1H3,(H,20,21,24). The second kappa shape index (κ2) is 8.65. The highest BCUT2D eigenvalue weighted by Gasteiger charge is 2.11. The fourth-order valence-corrected chi connectivity index (χ4v) is 2.32. The summed E-state index contributed by atoms with van der Waals surface area (Å²) < 4.78 is 9.83. The van der Waals surface area contributed by atoms with E-state index < -0.39 is 5.97 Å². The Morgan fingerprint density at radius 3 is 2.93 bits per heavy atom. The molecule has 3 heterocycles. The van der Waals surface area contributed by atoms with Crippen LogP contribution < -0.4 is 5.32 Å². The third kappa shape index (κ3) is 4.94. The van der Waals surface area contributed by atoms with Gasteiger partial charge in [-0.25, -0.2) is 9.78 Å². The van der Waals surface area contributed by atoms with Gasteiger partial charge in [-0.3, -0.25) is 9.78 Å². The van der Waals surface area contributed by atoms with Crippen molar-refractivity contribution in [1.82, 2.24) is 20.1 Å². The summed E-state index contributed by atoms with van der Waals surface area (Å²) in [5.74, 6) is 0.489. The maximum atomic E-state index is 12.0. The second-order valence-corrected chi connectivity index (χ2v) is 5.58. The predicted octanol–water partition coefficient (Wildman–Crippen LogP) is 2.27. The van der Waals surface area contributed by atoms with Crippen molar-refractivity contribution in [2.45, 2.75) is 19.3 Å². The number of aryl methyl sites for hydroxylation is 1. The van der Waals surface area contributed by atoms with E-state index in [1.807, 2.05) is 6.07 Å². The van der Waals surface area contributed by atoms with Gasteiger partial charge in [0.2, 0.25) is 17.6 Å². The number of methoxy groups -OCH3 is 1. The van der Waals surface area contributed by atoms with Crippen LogP contribution in [0.15, 0.2) is 47.4 Å². The zero-order valence-corrected chi connectivity index (χ0v) is 14.6. The molecule has 0 atom stereocenters. The Morgan fingerprint density at radius 1 is 1.26 bits per heavy atom. The molecule has 0 spiro atoms. The smallest absolute Gasteiger partial charge is 0.338 e. The lowest BCUT2D eigenvalue weighted by Gasteiger charge is -2.05. The van der Waals surface area contributed by atoms with E-state index in [0.29, 0.717) is 35.9 Å². The minimum atomic E-state index is -0.492. The zero-order chi connectivity index (χ0) is 19.1. The maximum absolute atomic E-state index is 12.0. The summed E-state index contributed by atoms with van der Waals surface area (Å²) in [5.41, 5.74) is 1.08. The molecule has 0 fully saturated rings. The predicted molar refractivity (Wildman–Crippen MR) is 94.7 cm³/mol. The van der Waals surface area contributed by atoms with E-state index in [1.165, 1.54) is 25.4 Å². The first-order chi connectivity index (χ1) is 13.2. The second-order valence-electron chi connectivity index (χ2n) is 5.58. The van der Waals surface area contributed by atoms with Crippen LogP contribution in [0.25, 0.3) is 11.4 Å². The van der Waals surface area contributed by atoms with Crippen molar-refractivity contribution in [3.63, 3.8) is 0 Å². The summed E-state index contributed by atoms with van der Waals surface area (Å²) in [5, 5.41) is 6.55. The quantitative estimate of drug-likeness (QED) is 0.632. The molecule has 0 aliphatic carbocycles. The average Bonchev–Trinajstić information content (AvgIpc) is 3.17. The van der Waals surface area contributed by atoms with Gasteiger partial charge < -0.3 is 14.6 Å². The van der Waals surface area contributed by atoms with Crippen LogP contribution in [0.4, 0.5) is 5.82 Å². The number of rotatable bonds is 7. The van der Waals surface area contributed by atoms with E-state index in [9.17, 15) is 9.59 Å². The van der Waals surface area contributed by atoms with Crippen molar-refractivity contribution in [3.05, 3.63) is 54.3 Å². The Bertz CT molecular complexity index is 926. The summed E-state index contributed by atoms with van der Waals surface area (Å²) in [6.45, 7) is 0. The first-order valence-corrected chi connectivity index (χ1v) is 8.23. The Labute approximate surface area is 154 Å². The minimum Gasteiger partial charge on any atom is -0.465 e. The number of hydrogen-bond acceptors (Lipinski definition) is 8. The molecular formula is C18H17N5O4. The summed E-state index contributed by atoms with van der Waals surface area (Å²) in [4.78, 5) is 35.8. The van der Waals surface area contributed by atoms with Gasteiger partial charge in [-0.05, 0) is 30.7 Å². The van der Waals surface area contributed by atoms with Crippen LogP contribution in [0, 0.1) is 0 Å². The molecule has 3 rings (SSSR count). The van der Waals surface area contributed by atoms with Crippen LogP contribution in [-0.4, -0.2) is 39.1 Å². The number of hydrogen-bond donors (Lipinski definition) is 1. The van der Waals surface area contributed by atoms with Gasteiger partial charge in [-0.15, -0.1) is 0 Å². The number of aromatic nitrogens is 4. The summed E-state index contributed by atoms with van der Waals surface area (Å²) in [6.07, 6.45) is 5.98. The number of carbonyl (C=O) groups excluding carboxylic acids is 2. The third-order valence-corrected chi connectivity index (χ3v) is 3.63. The normalized spacial score (nSPS) is 10.4. The molecule has 3 aromatic rings. The fourth-order valence-electron chi connectivity index (χ4n) is 2.32. The van der Waals surface area contributed by atoms with E-state index in [1.54, 1.807) is 18.5 Å². The van der Waals surface area contributed by atoms with Crippen LogP contribution in [0.3, 0.4) is 0 Å². The Morgan fingerprint density at radius 2 is 2.15 bits per heavy atom. The molecule has 1 N–H and O–H groups in total. The van der Waals surface area contributed by atoms with Crippen molar-refractivity contribution >= 4 is 17.7 Å². The van der Waals surface area contributed by atoms with Gasteiger partial charge in [0.25, 0.3) is 0 Å². The number of nitrogens with one attached hydrogen (secondary N) is 1. The molecule has 9 heteroatoms. The van der Waals surface area contributed by atoms with Crippen molar-refractivity contribution < 1.29 is 18.8 Å². The summed E-state index contributed by atoms with van der Waals surface area (Å²) in [6, 6.07) is 6.60. The van der Waals surface area contributed by atoms with Gasteiger partial charge in [0.05, 0.1) is 12.7 Å². The number of pyridine rings is 2. The molecule has 1 amide bonds. The molecule has 138 valence electrons. The molecule has 0 aliphatic rings. The van der Waals surface area contributed by atoms with Crippen LogP contribution in [0.2, 0.25) is 0 Å². The van der Waals surface area contributed by atoms with Crippen molar-refractivity contribution in [2.75, 3.05) is 12.4 Å². The van der Waals surface area contributed by atoms with Gasteiger partial charge in [-0.2, -0.15) is 4.98 Å². The first-order valence-electron chi connectivity index (χ1n) is 8.23. The summed E-state index contributed by atoms with van der Waals surface area (Å²) >= 11 is 0. The van der Waals surface area contributed by atoms with Crippen molar-refractivity contribution in [2.24, 2.45) is 0 Å². The Kier molecular flexibility index (Phi) is 5.83. The molecule has 0 unspecified atom stereocenters. The largest absolute Gasteiger partial charge is 0.465 e. The van der Waals surface area contributed by atoms with E-state index in [2.05, 4.69) is 30.2 Å². The fraction of sp³-hybridized carbons (Fsp3) is 0.222. The number of nitrogens with zero attached hydrogens (tertiary/aromatic N) is 4. The van der Waals surface area contributed by atoms with Crippen molar-refractivity contribution in [1.29, 1.82) is 0 Å². The number of anilines is 1. The number of amides is 1. The van der Waals surface area contributed by atoms with Gasteiger partial charge in [0.1, 0.15) is 5.82 Å². The molecule has 0 saturated heterocycles. The van der Waals surface area contributed by atoms with Gasteiger partial charge in [0.15, 0.2) is 0 Å². The molecule has 3 aromatic heterocycles. The molecule has 0 aliphatic heterocycles. The van der Waals surface area contributed by atoms with Crippen LogP contribution in [-0.2, 0) is 16.0 Å². The molecule has 9 nitrogen and oxygen atoms in total.